The van der Waals surface area contributed by atoms with Crippen molar-refractivity contribution in [3.8, 4) is 6.07 Å². The SMILES string of the molecule is Cc1nc(N[C@H](C)c2cccc(C#N)c2F)c2cc(C(=O)N(C)C)c(N3CCCC3)nc2n1. The molecule has 1 atom stereocenters. The number of pyridine rings is 1. The summed E-state index contributed by atoms with van der Waals surface area (Å²) in [5, 5.41) is 13.0. The number of benzene rings is 1. The van der Waals surface area contributed by atoms with Gasteiger partial charge in [-0.2, -0.15) is 5.26 Å². The molecule has 1 amide bonds. The van der Waals surface area contributed by atoms with Gasteiger partial charge in [-0.3, -0.25) is 4.79 Å². The summed E-state index contributed by atoms with van der Waals surface area (Å²) in [6.07, 6.45) is 2.10. The van der Waals surface area contributed by atoms with Crippen LogP contribution in [0.1, 0.15) is 53.1 Å². The molecule has 9 heteroatoms. The number of aryl methyl sites for hydroxylation is 1. The maximum Gasteiger partial charge on any atom is 0.257 e. The van der Waals surface area contributed by atoms with E-state index in [0.29, 0.717) is 39.6 Å². The minimum Gasteiger partial charge on any atom is -0.363 e. The monoisotopic (exact) mass is 447 g/mol. The molecule has 0 saturated carbocycles. The van der Waals surface area contributed by atoms with E-state index in [1.165, 1.54) is 11.0 Å². The van der Waals surface area contributed by atoms with E-state index in [1.807, 2.05) is 6.07 Å². The van der Waals surface area contributed by atoms with E-state index in [4.69, 9.17) is 10.2 Å². The summed E-state index contributed by atoms with van der Waals surface area (Å²) in [6.45, 7) is 5.24. The number of halogens is 1. The van der Waals surface area contributed by atoms with Crippen molar-refractivity contribution >= 4 is 28.6 Å². The van der Waals surface area contributed by atoms with Gasteiger partial charge in [0.1, 0.15) is 29.3 Å². The van der Waals surface area contributed by atoms with Crippen molar-refractivity contribution in [2.75, 3.05) is 37.4 Å². The van der Waals surface area contributed by atoms with Crippen molar-refractivity contribution in [2.45, 2.75) is 32.7 Å². The Bertz CT molecular complexity index is 1260. The van der Waals surface area contributed by atoms with Crippen molar-refractivity contribution < 1.29 is 9.18 Å². The molecule has 1 fully saturated rings. The van der Waals surface area contributed by atoms with Crippen LogP contribution >= 0.6 is 0 Å². The fourth-order valence-electron chi connectivity index (χ4n) is 4.09. The van der Waals surface area contributed by atoms with Crippen LogP contribution in [0.3, 0.4) is 0 Å². The maximum atomic E-state index is 14.7. The summed E-state index contributed by atoms with van der Waals surface area (Å²) in [5.74, 6) is 0.880. The lowest BCUT2D eigenvalue weighted by Gasteiger charge is -2.23. The summed E-state index contributed by atoms with van der Waals surface area (Å²) in [4.78, 5) is 30.5. The van der Waals surface area contributed by atoms with Gasteiger partial charge in [-0.1, -0.05) is 12.1 Å². The normalized spacial score (nSPS) is 14.2. The van der Waals surface area contributed by atoms with E-state index in [-0.39, 0.29) is 11.5 Å². The third kappa shape index (κ3) is 4.29. The topological polar surface area (TPSA) is 98.0 Å². The molecule has 0 bridgehead atoms. The van der Waals surface area contributed by atoms with Gasteiger partial charge in [0, 0.05) is 32.7 Å². The van der Waals surface area contributed by atoms with Crippen LogP contribution < -0.4 is 10.2 Å². The first kappa shape index (κ1) is 22.4. The molecule has 0 aliphatic carbocycles. The van der Waals surface area contributed by atoms with Crippen molar-refractivity contribution in [1.82, 2.24) is 19.9 Å². The molecule has 33 heavy (non-hydrogen) atoms. The van der Waals surface area contributed by atoms with E-state index in [0.717, 1.165) is 25.9 Å². The van der Waals surface area contributed by atoms with Crippen molar-refractivity contribution in [3.05, 3.63) is 52.6 Å². The lowest BCUT2D eigenvalue weighted by molar-refractivity contribution is 0.0828. The largest absolute Gasteiger partial charge is 0.363 e. The Hall–Kier alpha value is -3.80. The second-order valence-corrected chi connectivity index (χ2v) is 8.43. The third-order valence-electron chi connectivity index (χ3n) is 5.79. The molecule has 1 aliphatic heterocycles. The second kappa shape index (κ2) is 8.98. The molecule has 3 heterocycles. The molecule has 1 aromatic carbocycles. The molecule has 8 nitrogen and oxygen atoms in total. The van der Waals surface area contributed by atoms with E-state index in [9.17, 15) is 9.18 Å². The number of nitriles is 1. The number of nitrogens with one attached hydrogen (secondary N) is 1. The number of amides is 1. The first-order valence-electron chi connectivity index (χ1n) is 10.9. The highest BCUT2D eigenvalue weighted by atomic mass is 19.1. The molecule has 0 radical (unpaired) electrons. The Balaban J connectivity index is 1.83. The quantitative estimate of drug-likeness (QED) is 0.635. The summed E-state index contributed by atoms with van der Waals surface area (Å²) in [6, 6.07) is 7.89. The maximum absolute atomic E-state index is 14.7. The number of aromatic nitrogens is 3. The third-order valence-corrected chi connectivity index (χ3v) is 5.79. The summed E-state index contributed by atoms with van der Waals surface area (Å²) in [7, 11) is 3.41. The zero-order valence-corrected chi connectivity index (χ0v) is 19.2. The summed E-state index contributed by atoms with van der Waals surface area (Å²) >= 11 is 0. The average Bonchev–Trinajstić information content (AvgIpc) is 3.32. The number of fused-ring (bicyclic) bond motifs is 1. The highest BCUT2D eigenvalue weighted by molar-refractivity contribution is 6.03. The van der Waals surface area contributed by atoms with Crippen LogP contribution in [0.15, 0.2) is 24.3 Å². The fraction of sp³-hybridized carbons (Fsp3) is 0.375. The predicted octanol–water partition coefficient (Wildman–Crippen LogP) is 3.82. The van der Waals surface area contributed by atoms with E-state index in [1.54, 1.807) is 46.1 Å². The standard InChI is InChI=1S/C24H26FN7O/c1-14(17-9-7-8-16(13-26)20(17)25)27-21-18-12-19(24(33)31(3)4)23(32-10-5-6-11-32)30-22(18)29-15(2)28-21/h7-9,12,14H,5-6,10-11H2,1-4H3,(H,27,28,29,30)/t14-/m1/s1. The van der Waals surface area contributed by atoms with E-state index < -0.39 is 11.9 Å². The molecule has 1 N–H and O–H groups in total. The highest BCUT2D eigenvalue weighted by Crippen LogP contribution is 2.31. The number of carbonyl (C=O) groups is 1. The van der Waals surface area contributed by atoms with Gasteiger partial charge in [0.05, 0.1) is 22.6 Å². The summed E-state index contributed by atoms with van der Waals surface area (Å²) < 4.78 is 14.7. The van der Waals surface area contributed by atoms with Gasteiger partial charge in [0.15, 0.2) is 5.65 Å². The lowest BCUT2D eigenvalue weighted by Crippen LogP contribution is -2.28. The van der Waals surface area contributed by atoms with Crippen molar-refractivity contribution in [2.24, 2.45) is 0 Å². The molecular weight excluding hydrogens is 421 g/mol. The Labute approximate surface area is 192 Å². The summed E-state index contributed by atoms with van der Waals surface area (Å²) in [5.41, 5.74) is 1.29. The molecule has 2 aromatic heterocycles. The van der Waals surface area contributed by atoms with Crippen molar-refractivity contribution in [3.63, 3.8) is 0 Å². The molecule has 0 spiro atoms. The number of hydrogen-bond acceptors (Lipinski definition) is 7. The number of anilines is 2. The van der Waals surface area contributed by atoms with E-state index in [2.05, 4.69) is 20.2 Å². The van der Waals surface area contributed by atoms with Crippen LogP contribution in [0.25, 0.3) is 11.0 Å². The van der Waals surface area contributed by atoms with Gasteiger partial charge in [-0.05, 0) is 38.8 Å². The van der Waals surface area contributed by atoms with Gasteiger partial charge in [-0.25, -0.2) is 19.3 Å². The molecule has 170 valence electrons. The number of nitrogens with zero attached hydrogens (tertiary/aromatic N) is 6. The highest BCUT2D eigenvalue weighted by Gasteiger charge is 2.25. The Morgan fingerprint density at radius 3 is 2.64 bits per heavy atom. The van der Waals surface area contributed by atoms with Crippen LogP contribution in [0.5, 0.6) is 0 Å². The molecule has 3 aromatic rings. The average molecular weight is 448 g/mol. The van der Waals surface area contributed by atoms with Gasteiger partial charge < -0.3 is 15.1 Å². The van der Waals surface area contributed by atoms with Gasteiger partial charge in [0.2, 0.25) is 0 Å². The molecular formula is C24H26FN7O. The van der Waals surface area contributed by atoms with E-state index >= 15 is 0 Å². The Morgan fingerprint density at radius 2 is 1.97 bits per heavy atom. The fourth-order valence-corrected chi connectivity index (χ4v) is 4.09. The lowest BCUT2D eigenvalue weighted by atomic mass is 10.0. The van der Waals surface area contributed by atoms with Gasteiger partial charge in [0.25, 0.3) is 5.91 Å². The predicted molar refractivity (Wildman–Crippen MR) is 125 cm³/mol. The number of carbonyl (C=O) groups excluding carboxylic acids is 1. The minimum absolute atomic E-state index is 0.0133. The van der Waals surface area contributed by atoms with Gasteiger partial charge >= 0.3 is 0 Å². The van der Waals surface area contributed by atoms with Crippen LogP contribution in [0, 0.1) is 24.1 Å². The molecule has 0 unspecified atom stereocenters. The van der Waals surface area contributed by atoms with Gasteiger partial charge in [-0.15, -0.1) is 0 Å². The number of rotatable bonds is 5. The molecule has 1 aliphatic rings. The smallest absolute Gasteiger partial charge is 0.257 e. The first-order chi connectivity index (χ1) is 15.8. The zero-order valence-electron chi connectivity index (χ0n) is 19.2. The zero-order chi connectivity index (χ0) is 23.7. The molecule has 1 saturated heterocycles. The van der Waals surface area contributed by atoms with Crippen LogP contribution in [0.2, 0.25) is 0 Å². The second-order valence-electron chi connectivity index (χ2n) is 8.43. The number of hydrogen-bond donors (Lipinski definition) is 1. The van der Waals surface area contributed by atoms with Crippen LogP contribution in [0.4, 0.5) is 16.0 Å². The Kier molecular flexibility index (Phi) is 6.09. The van der Waals surface area contributed by atoms with Crippen molar-refractivity contribution in [1.29, 1.82) is 5.26 Å². The van der Waals surface area contributed by atoms with Crippen LogP contribution in [-0.4, -0.2) is 52.9 Å². The van der Waals surface area contributed by atoms with Crippen LogP contribution in [-0.2, 0) is 0 Å². The Morgan fingerprint density at radius 1 is 1.24 bits per heavy atom. The molecule has 4 rings (SSSR count). The minimum atomic E-state index is -0.562. The first-order valence-corrected chi connectivity index (χ1v) is 10.9.